The highest BCUT2D eigenvalue weighted by atomic mass is 16.5. The molecule has 7 nitrogen and oxygen atoms in total. The number of benzene rings is 1. The van der Waals surface area contributed by atoms with Crippen molar-refractivity contribution in [2.45, 2.75) is 38.6 Å². The third-order valence-corrected chi connectivity index (χ3v) is 4.89. The standard InChI is InChI=1S/C21H29NO6/c1-5-16-8-6-7-11-22(16)20(23)14-28-21(24)10-9-15-12-18(26-3)19(27-4)13-17(15)25-2/h9-10,12-13,16H,5-8,11,14H2,1-4H3/b10-9+/t16-/m0/s1. The van der Waals surface area contributed by atoms with Gasteiger partial charge in [-0.05, 0) is 37.8 Å². The van der Waals surface area contributed by atoms with Gasteiger partial charge in [0.15, 0.2) is 18.1 Å². The van der Waals surface area contributed by atoms with E-state index < -0.39 is 5.97 Å². The number of ether oxygens (including phenoxy) is 4. The second-order valence-electron chi connectivity index (χ2n) is 6.54. The Labute approximate surface area is 166 Å². The smallest absolute Gasteiger partial charge is 0.331 e. The molecular weight excluding hydrogens is 362 g/mol. The van der Waals surface area contributed by atoms with Crippen molar-refractivity contribution in [1.82, 2.24) is 4.90 Å². The van der Waals surface area contributed by atoms with Crippen LogP contribution in [0.5, 0.6) is 17.2 Å². The molecule has 1 aliphatic heterocycles. The molecule has 1 aromatic rings. The summed E-state index contributed by atoms with van der Waals surface area (Å²) in [6.45, 7) is 2.55. The van der Waals surface area contributed by atoms with E-state index in [0.29, 0.717) is 22.8 Å². The number of piperidine rings is 1. The van der Waals surface area contributed by atoms with E-state index in [1.165, 1.54) is 27.4 Å². The minimum atomic E-state index is -0.588. The van der Waals surface area contributed by atoms with Gasteiger partial charge in [0.2, 0.25) is 0 Å². The second-order valence-corrected chi connectivity index (χ2v) is 6.54. The quantitative estimate of drug-likeness (QED) is 0.501. The number of esters is 1. The van der Waals surface area contributed by atoms with Crippen molar-refractivity contribution in [1.29, 1.82) is 0 Å². The van der Waals surface area contributed by atoms with Gasteiger partial charge in [-0.3, -0.25) is 4.79 Å². The lowest BCUT2D eigenvalue weighted by molar-refractivity contribution is -0.150. The Balaban J connectivity index is 1.99. The van der Waals surface area contributed by atoms with Gasteiger partial charge in [-0.25, -0.2) is 4.79 Å². The molecular formula is C21H29NO6. The van der Waals surface area contributed by atoms with Crippen LogP contribution < -0.4 is 14.2 Å². The maximum absolute atomic E-state index is 12.4. The molecule has 0 N–H and O–H groups in total. The molecule has 1 fully saturated rings. The molecule has 0 unspecified atom stereocenters. The fraction of sp³-hybridized carbons (Fsp3) is 0.524. The minimum absolute atomic E-state index is 0.142. The van der Waals surface area contributed by atoms with Crippen LogP contribution in [0.15, 0.2) is 18.2 Å². The minimum Gasteiger partial charge on any atom is -0.496 e. The summed E-state index contributed by atoms with van der Waals surface area (Å²) in [6.07, 6.45) is 6.88. The number of carbonyl (C=O) groups excluding carboxylic acids is 2. The average Bonchev–Trinajstić information content (AvgIpc) is 2.74. The maximum atomic E-state index is 12.4. The molecule has 1 saturated heterocycles. The predicted octanol–water partition coefficient (Wildman–Crippen LogP) is 3.06. The summed E-state index contributed by atoms with van der Waals surface area (Å²) in [5, 5.41) is 0. The molecule has 1 aromatic carbocycles. The first-order valence-electron chi connectivity index (χ1n) is 9.48. The van der Waals surface area contributed by atoms with E-state index in [4.69, 9.17) is 18.9 Å². The molecule has 0 radical (unpaired) electrons. The monoisotopic (exact) mass is 391 g/mol. The van der Waals surface area contributed by atoms with E-state index in [1.54, 1.807) is 18.2 Å². The molecule has 1 amide bonds. The highest BCUT2D eigenvalue weighted by molar-refractivity contribution is 5.90. The zero-order valence-corrected chi connectivity index (χ0v) is 17.0. The normalized spacial score (nSPS) is 16.7. The number of nitrogens with zero attached hydrogens (tertiary/aromatic N) is 1. The molecule has 0 aromatic heterocycles. The SMILES string of the molecule is CC[C@H]1CCCCN1C(=O)COC(=O)/C=C/c1cc(OC)c(OC)cc1OC. The van der Waals surface area contributed by atoms with Crippen LogP contribution >= 0.6 is 0 Å². The molecule has 2 rings (SSSR count). The van der Waals surface area contributed by atoms with Gasteiger partial charge in [0.1, 0.15) is 5.75 Å². The van der Waals surface area contributed by atoms with Gasteiger partial charge >= 0.3 is 5.97 Å². The number of carbonyl (C=O) groups is 2. The van der Waals surface area contributed by atoms with Crippen molar-refractivity contribution in [3.8, 4) is 17.2 Å². The molecule has 28 heavy (non-hydrogen) atoms. The van der Waals surface area contributed by atoms with Crippen LogP contribution in [0.1, 0.15) is 38.2 Å². The lowest BCUT2D eigenvalue weighted by Crippen LogP contribution is -2.45. The number of rotatable bonds is 8. The van der Waals surface area contributed by atoms with Gasteiger partial charge in [0.25, 0.3) is 5.91 Å². The second kappa shape index (κ2) is 10.6. The van der Waals surface area contributed by atoms with Crippen LogP contribution in [0.2, 0.25) is 0 Å². The van der Waals surface area contributed by atoms with Crippen molar-refractivity contribution < 1.29 is 28.5 Å². The van der Waals surface area contributed by atoms with E-state index in [0.717, 1.165) is 32.2 Å². The molecule has 0 spiro atoms. The fourth-order valence-corrected chi connectivity index (χ4v) is 3.36. The van der Waals surface area contributed by atoms with E-state index in [-0.39, 0.29) is 18.6 Å². The highest BCUT2D eigenvalue weighted by Gasteiger charge is 2.25. The third-order valence-electron chi connectivity index (χ3n) is 4.89. The highest BCUT2D eigenvalue weighted by Crippen LogP contribution is 2.35. The van der Waals surface area contributed by atoms with Crippen molar-refractivity contribution in [2.24, 2.45) is 0 Å². The number of amides is 1. The van der Waals surface area contributed by atoms with Gasteiger partial charge in [-0.1, -0.05) is 6.92 Å². The molecule has 0 bridgehead atoms. The van der Waals surface area contributed by atoms with Crippen molar-refractivity contribution in [2.75, 3.05) is 34.5 Å². The van der Waals surface area contributed by atoms with E-state index in [1.807, 2.05) is 4.90 Å². The number of hydrogen-bond acceptors (Lipinski definition) is 6. The molecule has 0 saturated carbocycles. The Bertz CT molecular complexity index is 715. The Hall–Kier alpha value is -2.70. The Kier molecular flexibility index (Phi) is 8.17. The van der Waals surface area contributed by atoms with Gasteiger partial charge in [0.05, 0.1) is 21.3 Å². The van der Waals surface area contributed by atoms with Gasteiger partial charge < -0.3 is 23.8 Å². The third kappa shape index (κ3) is 5.41. The zero-order chi connectivity index (χ0) is 20.5. The Morgan fingerprint density at radius 1 is 1.07 bits per heavy atom. The van der Waals surface area contributed by atoms with Crippen LogP contribution in [0.4, 0.5) is 0 Å². The number of likely N-dealkylation sites (tertiary alicyclic amines) is 1. The first-order chi connectivity index (χ1) is 13.5. The van der Waals surface area contributed by atoms with Gasteiger partial charge in [-0.2, -0.15) is 0 Å². The van der Waals surface area contributed by atoms with Crippen molar-refractivity contribution in [3.63, 3.8) is 0 Å². The van der Waals surface area contributed by atoms with Crippen LogP contribution in [0.25, 0.3) is 6.08 Å². The summed E-state index contributed by atoms with van der Waals surface area (Å²) >= 11 is 0. The average molecular weight is 391 g/mol. The van der Waals surface area contributed by atoms with Crippen LogP contribution in [-0.4, -0.2) is 57.3 Å². The fourth-order valence-electron chi connectivity index (χ4n) is 3.36. The summed E-state index contributed by atoms with van der Waals surface area (Å²) in [5.41, 5.74) is 0.630. The first-order valence-corrected chi connectivity index (χ1v) is 9.48. The largest absolute Gasteiger partial charge is 0.496 e. The number of methoxy groups -OCH3 is 3. The van der Waals surface area contributed by atoms with Crippen molar-refractivity contribution in [3.05, 3.63) is 23.8 Å². The summed E-state index contributed by atoms with van der Waals surface area (Å²) in [7, 11) is 4.59. The topological polar surface area (TPSA) is 74.3 Å². The summed E-state index contributed by atoms with van der Waals surface area (Å²) < 4.78 is 21.0. The Morgan fingerprint density at radius 3 is 2.39 bits per heavy atom. The molecule has 7 heteroatoms. The molecule has 1 aliphatic rings. The maximum Gasteiger partial charge on any atom is 0.331 e. The van der Waals surface area contributed by atoms with Gasteiger partial charge in [0, 0.05) is 30.3 Å². The van der Waals surface area contributed by atoms with E-state index in [9.17, 15) is 9.59 Å². The van der Waals surface area contributed by atoms with Crippen molar-refractivity contribution >= 4 is 18.0 Å². The molecule has 154 valence electrons. The molecule has 0 aliphatic carbocycles. The molecule has 1 atom stereocenters. The van der Waals surface area contributed by atoms with Crippen LogP contribution in [0.3, 0.4) is 0 Å². The van der Waals surface area contributed by atoms with Crippen LogP contribution in [0, 0.1) is 0 Å². The summed E-state index contributed by atoms with van der Waals surface area (Å²) in [5.74, 6) is 0.836. The zero-order valence-electron chi connectivity index (χ0n) is 17.0. The number of hydrogen-bond donors (Lipinski definition) is 0. The van der Waals surface area contributed by atoms with E-state index in [2.05, 4.69) is 6.92 Å². The summed E-state index contributed by atoms with van der Waals surface area (Å²) in [4.78, 5) is 26.3. The first kappa shape index (κ1) is 21.6. The van der Waals surface area contributed by atoms with Crippen LogP contribution in [-0.2, 0) is 14.3 Å². The van der Waals surface area contributed by atoms with E-state index >= 15 is 0 Å². The lowest BCUT2D eigenvalue weighted by atomic mass is 10.00. The van der Waals surface area contributed by atoms with Gasteiger partial charge in [-0.15, -0.1) is 0 Å². The lowest BCUT2D eigenvalue weighted by Gasteiger charge is -2.35. The predicted molar refractivity (Wildman–Crippen MR) is 106 cm³/mol. The molecule has 1 heterocycles. The summed E-state index contributed by atoms with van der Waals surface area (Å²) in [6, 6.07) is 3.62. The Morgan fingerprint density at radius 2 is 1.75 bits per heavy atom.